The Bertz CT molecular complexity index is 654. The molecule has 1 fully saturated rings. The topological polar surface area (TPSA) is 17.8 Å². The molecular formula is C15H17Cl2FN2. The fraction of sp³-hybridized carbons (Fsp3) is 0.533. The number of hydrogen-bond donors (Lipinski definition) is 0. The minimum atomic E-state index is -0.403. The zero-order valence-electron chi connectivity index (χ0n) is 11.6. The van der Waals surface area contributed by atoms with Crippen LogP contribution in [0.2, 0.25) is 5.02 Å². The molecule has 0 saturated heterocycles. The van der Waals surface area contributed by atoms with Gasteiger partial charge in [0.15, 0.2) is 0 Å². The molecule has 20 heavy (non-hydrogen) atoms. The third-order valence-electron chi connectivity index (χ3n) is 4.49. The maximum Gasteiger partial charge on any atom is 0.144 e. The van der Waals surface area contributed by atoms with Crippen molar-refractivity contribution >= 4 is 34.2 Å². The van der Waals surface area contributed by atoms with Crippen LogP contribution in [0, 0.1) is 5.82 Å². The van der Waals surface area contributed by atoms with Gasteiger partial charge in [-0.15, -0.1) is 11.6 Å². The van der Waals surface area contributed by atoms with Gasteiger partial charge in [0.2, 0.25) is 0 Å². The monoisotopic (exact) mass is 314 g/mol. The van der Waals surface area contributed by atoms with Crippen molar-refractivity contribution < 1.29 is 4.39 Å². The van der Waals surface area contributed by atoms with Crippen LogP contribution < -0.4 is 0 Å². The summed E-state index contributed by atoms with van der Waals surface area (Å²) in [7, 11) is 0. The van der Waals surface area contributed by atoms with Crippen LogP contribution in [-0.2, 0) is 5.54 Å². The molecule has 0 N–H and O–H groups in total. The summed E-state index contributed by atoms with van der Waals surface area (Å²) in [6.07, 6.45) is 4.38. The second kappa shape index (κ2) is 4.88. The number of halogens is 3. The van der Waals surface area contributed by atoms with Gasteiger partial charge in [-0.1, -0.05) is 18.5 Å². The van der Waals surface area contributed by atoms with Gasteiger partial charge in [0.05, 0.1) is 21.4 Å². The van der Waals surface area contributed by atoms with Crippen molar-refractivity contribution in [1.29, 1.82) is 0 Å². The smallest absolute Gasteiger partial charge is 0.144 e. The summed E-state index contributed by atoms with van der Waals surface area (Å²) in [6, 6.07) is 3.08. The standard InChI is InChI=1S/C15H17Cl2FN2/c1-3-15(5-4-6-15)20-13-8-11(18)10(17)7-12(13)19-14(20)9(2)16/h7-9H,3-6H2,1-2H3. The molecule has 1 aliphatic carbocycles. The molecule has 1 atom stereocenters. The molecule has 108 valence electrons. The fourth-order valence-corrected chi connectivity index (χ4v) is 3.48. The minimum Gasteiger partial charge on any atom is -0.320 e. The number of alkyl halides is 1. The third-order valence-corrected chi connectivity index (χ3v) is 4.98. The van der Waals surface area contributed by atoms with Crippen LogP contribution in [0.4, 0.5) is 4.39 Å². The molecule has 0 amide bonds. The van der Waals surface area contributed by atoms with Crippen molar-refractivity contribution in [3.8, 4) is 0 Å². The summed E-state index contributed by atoms with van der Waals surface area (Å²) in [5.41, 5.74) is 1.56. The van der Waals surface area contributed by atoms with Crippen LogP contribution >= 0.6 is 23.2 Å². The molecule has 1 aromatic heterocycles. The average Bonchev–Trinajstić information content (AvgIpc) is 2.69. The lowest BCUT2D eigenvalue weighted by molar-refractivity contribution is 0.137. The van der Waals surface area contributed by atoms with Crippen molar-refractivity contribution in [3.63, 3.8) is 0 Å². The lowest BCUT2D eigenvalue weighted by atomic mass is 9.74. The Hall–Kier alpha value is -0.800. The third kappa shape index (κ3) is 1.94. The van der Waals surface area contributed by atoms with E-state index in [9.17, 15) is 4.39 Å². The van der Waals surface area contributed by atoms with Crippen molar-refractivity contribution in [2.75, 3.05) is 0 Å². The SMILES string of the molecule is CCC1(n2c(C(C)Cl)nc3cc(Cl)c(F)cc32)CCC1. The number of benzene rings is 1. The second-order valence-corrected chi connectivity index (χ2v) is 6.67. The molecule has 1 unspecified atom stereocenters. The molecule has 2 aromatic rings. The highest BCUT2D eigenvalue weighted by atomic mass is 35.5. The maximum absolute atomic E-state index is 13.8. The molecule has 1 aromatic carbocycles. The second-order valence-electron chi connectivity index (χ2n) is 5.61. The number of nitrogens with zero attached hydrogens (tertiary/aromatic N) is 2. The van der Waals surface area contributed by atoms with Gasteiger partial charge in [0.1, 0.15) is 11.6 Å². The summed E-state index contributed by atoms with van der Waals surface area (Å²) < 4.78 is 16.0. The van der Waals surface area contributed by atoms with Crippen LogP contribution in [0.1, 0.15) is 50.7 Å². The average molecular weight is 315 g/mol. The summed E-state index contributed by atoms with van der Waals surface area (Å²) in [6.45, 7) is 4.07. The van der Waals surface area contributed by atoms with Gasteiger partial charge in [-0.3, -0.25) is 0 Å². The first-order valence-electron chi connectivity index (χ1n) is 7.00. The Morgan fingerprint density at radius 2 is 2.15 bits per heavy atom. The lowest BCUT2D eigenvalue weighted by Crippen LogP contribution is -2.41. The highest BCUT2D eigenvalue weighted by Crippen LogP contribution is 2.46. The Kier molecular flexibility index (Phi) is 3.46. The van der Waals surface area contributed by atoms with E-state index in [2.05, 4.69) is 16.5 Å². The van der Waals surface area contributed by atoms with Crippen molar-refractivity contribution in [2.45, 2.75) is 50.4 Å². The van der Waals surface area contributed by atoms with Crippen LogP contribution in [0.3, 0.4) is 0 Å². The molecule has 1 heterocycles. The van der Waals surface area contributed by atoms with E-state index < -0.39 is 5.82 Å². The number of hydrogen-bond acceptors (Lipinski definition) is 1. The number of aromatic nitrogens is 2. The van der Waals surface area contributed by atoms with Crippen LogP contribution in [0.25, 0.3) is 11.0 Å². The maximum atomic E-state index is 13.8. The Balaban J connectivity index is 2.32. The Morgan fingerprint density at radius 1 is 1.45 bits per heavy atom. The van der Waals surface area contributed by atoms with Gasteiger partial charge < -0.3 is 4.57 Å². The van der Waals surface area contributed by atoms with Gasteiger partial charge in [0.25, 0.3) is 0 Å². The van der Waals surface area contributed by atoms with Crippen molar-refractivity contribution in [1.82, 2.24) is 9.55 Å². The molecule has 0 bridgehead atoms. The molecular weight excluding hydrogens is 298 g/mol. The molecule has 0 radical (unpaired) electrons. The van der Waals surface area contributed by atoms with Crippen molar-refractivity contribution in [3.05, 3.63) is 28.8 Å². The zero-order valence-corrected chi connectivity index (χ0v) is 13.1. The summed E-state index contributed by atoms with van der Waals surface area (Å²) >= 11 is 12.2. The van der Waals surface area contributed by atoms with E-state index in [1.807, 2.05) is 6.92 Å². The molecule has 0 spiro atoms. The van der Waals surface area contributed by atoms with E-state index in [0.29, 0.717) is 0 Å². The zero-order chi connectivity index (χ0) is 14.5. The Morgan fingerprint density at radius 3 is 2.65 bits per heavy atom. The van der Waals surface area contributed by atoms with E-state index in [1.165, 1.54) is 12.5 Å². The van der Waals surface area contributed by atoms with Crippen LogP contribution in [0.5, 0.6) is 0 Å². The van der Waals surface area contributed by atoms with E-state index in [0.717, 1.165) is 36.1 Å². The molecule has 2 nitrogen and oxygen atoms in total. The fourth-order valence-electron chi connectivity index (χ4n) is 3.18. The number of imidazole rings is 1. The summed E-state index contributed by atoms with van der Waals surface area (Å²) in [5.74, 6) is 0.407. The first-order chi connectivity index (χ1) is 9.48. The van der Waals surface area contributed by atoms with Crippen molar-refractivity contribution in [2.24, 2.45) is 0 Å². The number of fused-ring (bicyclic) bond motifs is 1. The Labute approximate surface area is 127 Å². The lowest BCUT2D eigenvalue weighted by Gasteiger charge is -2.44. The largest absolute Gasteiger partial charge is 0.320 e. The molecule has 3 rings (SSSR count). The van der Waals surface area contributed by atoms with E-state index in [-0.39, 0.29) is 15.9 Å². The molecule has 1 saturated carbocycles. The van der Waals surface area contributed by atoms with Gasteiger partial charge >= 0.3 is 0 Å². The summed E-state index contributed by atoms with van der Waals surface area (Å²) in [5, 5.41) is -0.108. The summed E-state index contributed by atoms with van der Waals surface area (Å²) in [4.78, 5) is 4.59. The number of rotatable bonds is 3. The normalized spacial score (nSPS) is 19.1. The predicted octanol–water partition coefficient (Wildman–Crippen LogP) is 5.42. The van der Waals surface area contributed by atoms with Crippen LogP contribution in [0.15, 0.2) is 12.1 Å². The van der Waals surface area contributed by atoms with Gasteiger partial charge in [-0.2, -0.15) is 0 Å². The molecule has 0 aliphatic heterocycles. The first kappa shape index (κ1) is 14.2. The molecule has 5 heteroatoms. The van der Waals surface area contributed by atoms with E-state index in [4.69, 9.17) is 23.2 Å². The van der Waals surface area contributed by atoms with Gasteiger partial charge in [-0.05, 0) is 38.7 Å². The highest BCUT2D eigenvalue weighted by Gasteiger charge is 2.40. The first-order valence-corrected chi connectivity index (χ1v) is 7.82. The highest BCUT2D eigenvalue weighted by molar-refractivity contribution is 6.31. The predicted molar refractivity (Wildman–Crippen MR) is 81.1 cm³/mol. The van der Waals surface area contributed by atoms with E-state index >= 15 is 0 Å². The van der Waals surface area contributed by atoms with Gasteiger partial charge in [-0.25, -0.2) is 9.37 Å². The quantitative estimate of drug-likeness (QED) is 0.692. The molecule has 1 aliphatic rings. The van der Waals surface area contributed by atoms with Gasteiger partial charge in [0, 0.05) is 11.6 Å². The minimum absolute atomic E-state index is 0.0352. The van der Waals surface area contributed by atoms with Crippen LogP contribution in [-0.4, -0.2) is 9.55 Å². The van der Waals surface area contributed by atoms with E-state index in [1.54, 1.807) is 6.07 Å².